The van der Waals surface area contributed by atoms with Gasteiger partial charge < -0.3 is 10.8 Å². The summed E-state index contributed by atoms with van der Waals surface area (Å²) in [4.78, 5) is 0.245. The van der Waals surface area contributed by atoms with Crippen molar-refractivity contribution in [3.05, 3.63) is 23.8 Å². The van der Waals surface area contributed by atoms with Crippen molar-refractivity contribution in [3.8, 4) is 0 Å². The zero-order valence-electron chi connectivity index (χ0n) is 11.2. The van der Waals surface area contributed by atoms with Crippen molar-refractivity contribution in [1.29, 1.82) is 0 Å². The first-order valence-corrected chi connectivity index (χ1v) is 7.92. The lowest BCUT2D eigenvalue weighted by atomic mass is 10.2. The minimum atomic E-state index is -3.45. The van der Waals surface area contributed by atoms with Crippen molar-refractivity contribution < 1.29 is 13.5 Å². The molecule has 0 amide bonds. The van der Waals surface area contributed by atoms with E-state index in [4.69, 9.17) is 10.8 Å². The Kier molecular flexibility index (Phi) is 6.27. The van der Waals surface area contributed by atoms with Gasteiger partial charge in [-0.15, -0.1) is 0 Å². The van der Waals surface area contributed by atoms with E-state index in [9.17, 15) is 8.42 Å². The molecule has 0 saturated carbocycles. The number of aryl methyl sites for hydroxylation is 1. The zero-order chi connectivity index (χ0) is 14.3. The number of anilines is 1. The molecule has 0 saturated heterocycles. The first-order valence-electron chi connectivity index (χ1n) is 6.44. The lowest BCUT2D eigenvalue weighted by molar-refractivity contribution is 0.282. The predicted molar refractivity (Wildman–Crippen MR) is 76.3 cm³/mol. The molecule has 19 heavy (non-hydrogen) atoms. The van der Waals surface area contributed by atoms with Gasteiger partial charge in [-0.25, -0.2) is 13.1 Å². The van der Waals surface area contributed by atoms with E-state index in [1.54, 1.807) is 19.1 Å². The van der Waals surface area contributed by atoms with E-state index in [-0.39, 0.29) is 11.5 Å². The highest BCUT2D eigenvalue weighted by molar-refractivity contribution is 7.89. The van der Waals surface area contributed by atoms with Gasteiger partial charge in [-0.3, -0.25) is 0 Å². The third-order valence-corrected chi connectivity index (χ3v) is 4.39. The predicted octanol–water partition coefficient (Wildman–Crippen LogP) is 1.41. The molecule has 108 valence electrons. The van der Waals surface area contributed by atoms with Crippen LogP contribution in [-0.4, -0.2) is 26.7 Å². The van der Waals surface area contributed by atoms with Crippen LogP contribution in [0.3, 0.4) is 0 Å². The number of rotatable bonds is 8. The summed E-state index contributed by atoms with van der Waals surface area (Å²) >= 11 is 0. The van der Waals surface area contributed by atoms with Gasteiger partial charge in [0.05, 0.1) is 4.90 Å². The molecule has 4 N–H and O–H groups in total. The largest absolute Gasteiger partial charge is 0.399 e. The number of hydrogen-bond acceptors (Lipinski definition) is 4. The van der Waals surface area contributed by atoms with Gasteiger partial charge in [0, 0.05) is 18.8 Å². The molecule has 6 heteroatoms. The second kappa shape index (κ2) is 7.47. The summed E-state index contributed by atoms with van der Waals surface area (Å²) in [5.74, 6) is 0. The van der Waals surface area contributed by atoms with E-state index in [2.05, 4.69) is 4.72 Å². The van der Waals surface area contributed by atoms with Gasteiger partial charge in [0.25, 0.3) is 0 Å². The molecule has 0 atom stereocenters. The maximum absolute atomic E-state index is 12.0. The van der Waals surface area contributed by atoms with Crippen LogP contribution < -0.4 is 10.5 Å². The second-order valence-corrected chi connectivity index (χ2v) is 6.32. The number of hydrogen-bond donors (Lipinski definition) is 3. The highest BCUT2D eigenvalue weighted by Crippen LogP contribution is 2.16. The molecule has 0 fully saturated rings. The molecule has 1 aromatic rings. The van der Waals surface area contributed by atoms with Gasteiger partial charge in [0.1, 0.15) is 0 Å². The lowest BCUT2D eigenvalue weighted by Crippen LogP contribution is -2.24. The highest BCUT2D eigenvalue weighted by atomic mass is 32.2. The number of aliphatic hydroxyl groups is 1. The Labute approximate surface area is 114 Å². The quantitative estimate of drug-likeness (QED) is 0.497. The maximum Gasteiger partial charge on any atom is 0.240 e. The minimum Gasteiger partial charge on any atom is -0.399 e. The molecular weight excluding hydrogens is 264 g/mol. The molecule has 0 aliphatic rings. The fourth-order valence-electron chi connectivity index (χ4n) is 1.70. The summed E-state index contributed by atoms with van der Waals surface area (Å²) in [6, 6.07) is 4.69. The molecule has 0 aliphatic heterocycles. The van der Waals surface area contributed by atoms with E-state index in [0.717, 1.165) is 31.2 Å². The number of unbranched alkanes of at least 4 members (excludes halogenated alkanes) is 3. The van der Waals surface area contributed by atoms with Crippen LogP contribution in [0.2, 0.25) is 0 Å². The first-order chi connectivity index (χ1) is 8.97. The Balaban J connectivity index is 2.49. The number of nitrogens with one attached hydrogen (secondary N) is 1. The third kappa shape index (κ3) is 5.18. The third-order valence-electron chi connectivity index (χ3n) is 2.93. The van der Waals surface area contributed by atoms with Crippen LogP contribution in [0.1, 0.15) is 31.2 Å². The van der Waals surface area contributed by atoms with Crippen molar-refractivity contribution in [2.24, 2.45) is 0 Å². The summed E-state index contributed by atoms with van der Waals surface area (Å²) in [7, 11) is -3.45. The van der Waals surface area contributed by atoms with Crippen LogP contribution in [0, 0.1) is 6.92 Å². The molecule has 1 aromatic carbocycles. The monoisotopic (exact) mass is 286 g/mol. The van der Waals surface area contributed by atoms with Crippen LogP contribution in [0.25, 0.3) is 0 Å². The number of nitrogen functional groups attached to an aromatic ring is 1. The van der Waals surface area contributed by atoms with Crippen LogP contribution in [0.4, 0.5) is 5.69 Å². The number of sulfonamides is 1. The summed E-state index contributed by atoms with van der Waals surface area (Å²) in [6.07, 6.45) is 3.36. The molecule has 0 radical (unpaired) electrons. The Morgan fingerprint density at radius 1 is 1.21 bits per heavy atom. The minimum absolute atomic E-state index is 0.191. The molecular formula is C13H22N2O3S. The average molecular weight is 286 g/mol. The van der Waals surface area contributed by atoms with Crippen LogP contribution >= 0.6 is 0 Å². The normalized spacial score (nSPS) is 11.7. The SMILES string of the molecule is Cc1cc(S(=O)(=O)NCCCCCCO)ccc1N. The first kappa shape index (κ1) is 15.9. The lowest BCUT2D eigenvalue weighted by Gasteiger charge is -2.08. The van der Waals surface area contributed by atoms with Gasteiger partial charge in [0.15, 0.2) is 0 Å². The van der Waals surface area contributed by atoms with Crippen molar-refractivity contribution in [2.75, 3.05) is 18.9 Å². The van der Waals surface area contributed by atoms with Gasteiger partial charge in [-0.2, -0.15) is 0 Å². The molecule has 0 bridgehead atoms. The van der Waals surface area contributed by atoms with Crippen molar-refractivity contribution in [2.45, 2.75) is 37.5 Å². The average Bonchev–Trinajstić information content (AvgIpc) is 2.36. The van der Waals surface area contributed by atoms with Crippen molar-refractivity contribution in [1.82, 2.24) is 4.72 Å². The van der Waals surface area contributed by atoms with Gasteiger partial charge >= 0.3 is 0 Å². The summed E-state index contributed by atoms with van der Waals surface area (Å²) < 4.78 is 26.6. The van der Waals surface area contributed by atoms with E-state index >= 15 is 0 Å². The number of aliphatic hydroxyl groups excluding tert-OH is 1. The topological polar surface area (TPSA) is 92.4 Å². The van der Waals surface area contributed by atoms with E-state index in [1.165, 1.54) is 6.07 Å². The van der Waals surface area contributed by atoms with Gasteiger partial charge in [-0.05, 0) is 43.5 Å². The molecule has 0 heterocycles. The Hall–Kier alpha value is -1.11. The number of benzene rings is 1. The Bertz CT molecular complexity index is 501. The molecule has 0 spiro atoms. The van der Waals surface area contributed by atoms with Crippen molar-refractivity contribution >= 4 is 15.7 Å². The van der Waals surface area contributed by atoms with E-state index in [1.807, 2.05) is 0 Å². The molecule has 0 unspecified atom stereocenters. The number of nitrogens with two attached hydrogens (primary N) is 1. The second-order valence-electron chi connectivity index (χ2n) is 4.55. The summed E-state index contributed by atoms with van der Waals surface area (Å²) in [5.41, 5.74) is 7.01. The molecule has 1 rings (SSSR count). The van der Waals surface area contributed by atoms with Crippen LogP contribution in [-0.2, 0) is 10.0 Å². The van der Waals surface area contributed by atoms with Gasteiger partial charge in [0.2, 0.25) is 10.0 Å². The molecule has 0 aliphatic carbocycles. The fraction of sp³-hybridized carbons (Fsp3) is 0.538. The van der Waals surface area contributed by atoms with E-state index in [0.29, 0.717) is 12.2 Å². The van der Waals surface area contributed by atoms with Crippen LogP contribution in [0.15, 0.2) is 23.1 Å². The standard InChI is InChI=1S/C13H22N2O3S/c1-11-10-12(6-7-13(11)14)19(17,18)15-8-4-2-3-5-9-16/h6-7,10,15-16H,2-5,8-9,14H2,1H3. The van der Waals surface area contributed by atoms with Crippen molar-refractivity contribution in [3.63, 3.8) is 0 Å². The van der Waals surface area contributed by atoms with Crippen LogP contribution in [0.5, 0.6) is 0 Å². The Morgan fingerprint density at radius 3 is 2.53 bits per heavy atom. The Morgan fingerprint density at radius 2 is 1.89 bits per heavy atom. The molecule has 0 aromatic heterocycles. The molecule has 5 nitrogen and oxygen atoms in total. The summed E-state index contributed by atoms with van der Waals surface area (Å²) in [5, 5.41) is 8.63. The highest BCUT2D eigenvalue weighted by Gasteiger charge is 2.13. The van der Waals surface area contributed by atoms with Gasteiger partial charge in [-0.1, -0.05) is 12.8 Å². The summed E-state index contributed by atoms with van der Waals surface area (Å²) in [6.45, 7) is 2.39. The fourth-order valence-corrected chi connectivity index (χ4v) is 2.85. The zero-order valence-corrected chi connectivity index (χ0v) is 12.0. The van der Waals surface area contributed by atoms with E-state index < -0.39 is 10.0 Å². The maximum atomic E-state index is 12.0. The smallest absolute Gasteiger partial charge is 0.240 e.